The highest BCUT2D eigenvalue weighted by Gasteiger charge is 2.27. The molecule has 2 heterocycles. The molecule has 2 aliphatic rings. The molecule has 14 heteroatoms. The van der Waals surface area contributed by atoms with Gasteiger partial charge in [0.2, 0.25) is 23.6 Å². The molecular weight excluding hydrogens is 725 g/mol. The Morgan fingerprint density at radius 3 is 2.39 bits per heavy atom. The lowest BCUT2D eigenvalue weighted by Gasteiger charge is -2.23. The molecule has 1 aromatic heterocycles. The van der Waals surface area contributed by atoms with Crippen LogP contribution in [0.4, 0.5) is 11.4 Å². The smallest absolute Gasteiger partial charge is 0.255 e. The van der Waals surface area contributed by atoms with Gasteiger partial charge in [0.15, 0.2) is 0 Å². The highest BCUT2D eigenvalue weighted by atomic mass is 16.5. The van der Waals surface area contributed by atoms with Crippen molar-refractivity contribution in [2.45, 2.75) is 83.4 Å². The summed E-state index contributed by atoms with van der Waals surface area (Å²) in [6.07, 6.45) is 6.14. The van der Waals surface area contributed by atoms with Gasteiger partial charge in [0.25, 0.3) is 5.91 Å². The minimum atomic E-state index is -1.05. The van der Waals surface area contributed by atoms with E-state index >= 15 is 0 Å². The van der Waals surface area contributed by atoms with Gasteiger partial charge in [0, 0.05) is 23.2 Å². The molecule has 1 fully saturated rings. The number of anilines is 2. The first-order valence-electron chi connectivity index (χ1n) is 19.3. The number of amides is 5. The summed E-state index contributed by atoms with van der Waals surface area (Å²) in [5, 5.41) is 11.0. The third-order valence-electron chi connectivity index (χ3n) is 10.4. The van der Waals surface area contributed by atoms with Crippen molar-refractivity contribution >= 4 is 40.9 Å². The van der Waals surface area contributed by atoms with Gasteiger partial charge in [-0.1, -0.05) is 36.8 Å². The number of hydrogen-bond donors (Lipinski definition) is 7. The highest BCUT2D eigenvalue weighted by molar-refractivity contribution is 6.06. The van der Waals surface area contributed by atoms with Crippen LogP contribution in [-0.2, 0) is 32.0 Å². The maximum Gasteiger partial charge on any atom is 0.255 e. The zero-order valence-corrected chi connectivity index (χ0v) is 32.3. The molecule has 5 amide bonds. The predicted octanol–water partition coefficient (Wildman–Crippen LogP) is 3.60. The normalized spacial score (nSPS) is 16.6. The number of hydrogen-bond acceptors (Lipinski definition) is 9. The number of nitrogens with two attached hydrogens (primary N) is 3. The number of ether oxygens (including phenoxy) is 1. The molecule has 0 saturated heterocycles. The fraction of sp³-hybridized carbons (Fsp3) is 0.349. The van der Waals surface area contributed by atoms with E-state index in [1.54, 1.807) is 44.2 Å². The second-order valence-electron chi connectivity index (χ2n) is 14.8. The van der Waals surface area contributed by atoms with Gasteiger partial charge in [-0.15, -0.1) is 0 Å². The second-order valence-corrected chi connectivity index (χ2v) is 14.8. The van der Waals surface area contributed by atoms with Gasteiger partial charge in [0.1, 0.15) is 17.8 Å². The molecule has 4 bridgehead atoms. The number of carbonyl (C=O) groups excluding carboxylic acids is 5. The van der Waals surface area contributed by atoms with E-state index in [4.69, 9.17) is 26.9 Å². The van der Waals surface area contributed by atoms with Crippen molar-refractivity contribution in [1.82, 2.24) is 20.9 Å². The molecule has 4 aromatic rings. The number of nitrogens with one attached hydrogen (secondary N) is 4. The molecule has 57 heavy (non-hydrogen) atoms. The van der Waals surface area contributed by atoms with Crippen LogP contribution in [-0.4, -0.2) is 65.8 Å². The number of carbonyl (C=O) groups is 5. The minimum Gasteiger partial charge on any atom is -0.490 e. The molecule has 14 nitrogen and oxygen atoms in total. The molecule has 298 valence electrons. The number of primary amides is 1. The van der Waals surface area contributed by atoms with Gasteiger partial charge < -0.3 is 43.2 Å². The molecule has 6 rings (SSSR count). The average molecular weight is 775 g/mol. The fourth-order valence-electron chi connectivity index (χ4n) is 7.45. The second kappa shape index (κ2) is 18.1. The Labute approximate surface area is 331 Å². The first kappa shape index (κ1) is 40.4. The highest BCUT2D eigenvalue weighted by Crippen LogP contribution is 2.34. The van der Waals surface area contributed by atoms with Crippen molar-refractivity contribution in [2.75, 3.05) is 24.1 Å². The number of fused-ring (bicyclic) bond motifs is 5. The van der Waals surface area contributed by atoms with Crippen LogP contribution in [0.1, 0.15) is 71.3 Å². The van der Waals surface area contributed by atoms with Crippen molar-refractivity contribution in [1.29, 1.82) is 0 Å². The summed E-state index contributed by atoms with van der Waals surface area (Å²) in [7, 11) is 0. The van der Waals surface area contributed by atoms with Crippen LogP contribution < -0.4 is 43.2 Å². The predicted molar refractivity (Wildman–Crippen MR) is 218 cm³/mol. The van der Waals surface area contributed by atoms with Crippen LogP contribution in [0.3, 0.4) is 0 Å². The first-order chi connectivity index (χ1) is 27.4. The lowest BCUT2D eigenvalue weighted by molar-refractivity contribution is -0.128. The Kier molecular flexibility index (Phi) is 12.8. The van der Waals surface area contributed by atoms with Gasteiger partial charge >= 0.3 is 0 Å². The largest absolute Gasteiger partial charge is 0.490 e. The zero-order chi connectivity index (χ0) is 40.6. The molecule has 1 aliphatic carbocycles. The van der Waals surface area contributed by atoms with Crippen LogP contribution in [0.25, 0.3) is 22.4 Å². The third kappa shape index (κ3) is 10.1. The maximum absolute atomic E-state index is 14.1. The van der Waals surface area contributed by atoms with E-state index in [2.05, 4.69) is 21.3 Å². The number of rotatable bonds is 10. The van der Waals surface area contributed by atoms with E-state index < -0.39 is 35.7 Å². The van der Waals surface area contributed by atoms with Crippen molar-refractivity contribution in [2.24, 2.45) is 11.5 Å². The summed E-state index contributed by atoms with van der Waals surface area (Å²) in [5.41, 5.74) is 24.0. The summed E-state index contributed by atoms with van der Waals surface area (Å²) in [4.78, 5) is 70.2. The number of nitrogens with zero attached hydrogens (tertiary/aromatic N) is 1. The molecule has 0 radical (unpaired) electrons. The fourth-order valence-corrected chi connectivity index (χ4v) is 7.45. The summed E-state index contributed by atoms with van der Waals surface area (Å²) < 4.78 is 6.17. The van der Waals surface area contributed by atoms with E-state index in [0.29, 0.717) is 44.9 Å². The number of nitrogen functional groups attached to an aromatic ring is 1. The van der Waals surface area contributed by atoms with Crippen LogP contribution in [0.15, 0.2) is 66.7 Å². The van der Waals surface area contributed by atoms with Gasteiger partial charge in [-0.25, -0.2) is 0 Å². The molecule has 2 atom stereocenters. The number of pyridine rings is 1. The van der Waals surface area contributed by atoms with Crippen LogP contribution in [0.5, 0.6) is 5.75 Å². The molecule has 1 aliphatic heterocycles. The van der Waals surface area contributed by atoms with Crippen molar-refractivity contribution < 1.29 is 28.7 Å². The Bertz CT molecular complexity index is 2140. The van der Waals surface area contributed by atoms with E-state index in [0.717, 1.165) is 24.2 Å². The number of aromatic nitrogens is 1. The lowest BCUT2D eigenvalue weighted by atomic mass is 9.93. The van der Waals surface area contributed by atoms with E-state index in [9.17, 15) is 24.0 Å². The van der Waals surface area contributed by atoms with Gasteiger partial charge in [-0.05, 0) is 111 Å². The van der Waals surface area contributed by atoms with E-state index in [-0.39, 0.29) is 55.6 Å². The Morgan fingerprint density at radius 1 is 0.930 bits per heavy atom. The van der Waals surface area contributed by atoms with Gasteiger partial charge in [-0.2, -0.15) is 0 Å². The van der Waals surface area contributed by atoms with Crippen LogP contribution >= 0.6 is 0 Å². The van der Waals surface area contributed by atoms with Gasteiger partial charge in [-0.3, -0.25) is 29.0 Å². The van der Waals surface area contributed by atoms with E-state index in [1.165, 1.54) is 19.3 Å². The van der Waals surface area contributed by atoms with Crippen LogP contribution in [0, 0.1) is 13.8 Å². The van der Waals surface area contributed by atoms with Crippen molar-refractivity contribution in [3.63, 3.8) is 0 Å². The number of benzene rings is 3. The topological polar surface area (TPSA) is 234 Å². The Balaban J connectivity index is 1.24. The molecular formula is C43H50N8O6. The average Bonchev–Trinajstić information content (AvgIpc) is 3.17. The summed E-state index contributed by atoms with van der Waals surface area (Å²) in [6.45, 7) is 3.28. The summed E-state index contributed by atoms with van der Waals surface area (Å²) in [6, 6.07) is 18.1. The Morgan fingerprint density at radius 2 is 1.68 bits per heavy atom. The quantitative estimate of drug-likeness (QED) is 0.125. The van der Waals surface area contributed by atoms with Crippen LogP contribution in [0.2, 0.25) is 0 Å². The monoisotopic (exact) mass is 774 g/mol. The number of aryl methyl sites for hydroxylation is 2. The summed E-state index contributed by atoms with van der Waals surface area (Å²) >= 11 is 0. The molecule has 1 saturated carbocycles. The minimum absolute atomic E-state index is 0.00859. The van der Waals surface area contributed by atoms with Crippen molar-refractivity contribution in [3.05, 3.63) is 94.7 Å². The SMILES string of the molecule is Cc1cc2cc(c1NC(=O)[C@H](CCN)NC(=O)c1c(N)cc(-c3ccc(OC4CCCCC4)cc3)nc1C)-c1cccc(c1)CC(=O)NCC(=O)NC(C(N)=O)C2. The summed E-state index contributed by atoms with van der Waals surface area (Å²) in [5.74, 6) is -1.98. The molecule has 10 N–H and O–H groups in total. The third-order valence-corrected chi connectivity index (χ3v) is 10.4. The molecule has 0 spiro atoms. The van der Waals surface area contributed by atoms with Gasteiger partial charge in [0.05, 0.1) is 41.7 Å². The zero-order valence-electron chi connectivity index (χ0n) is 32.3. The Hall–Kier alpha value is -6.28. The first-order valence-corrected chi connectivity index (χ1v) is 19.3. The standard InChI is InChI=1S/C43H50N8O6/c1-24-17-27-19-32(29-8-6-7-26(18-29)21-37(52)47-23-38(53)49-36(20-27)41(46)54)40(24)51-42(55)34(15-16-44)50-43(56)39-25(2)48-35(22-33(39)45)28-11-13-31(14-12-28)57-30-9-4-3-5-10-30/h6-8,11-14,17-19,22,30,34,36H,3-5,9-10,15-16,20-21,23,44H2,1-2H3,(H2,45,48)(H2,46,54)(H,47,52)(H,49,53)(H,50,56)(H,51,55)/t34-,36?/m0/s1. The maximum atomic E-state index is 14.1. The molecule has 3 aromatic carbocycles. The lowest BCUT2D eigenvalue weighted by Crippen LogP contribution is -2.49. The molecule has 1 unspecified atom stereocenters. The van der Waals surface area contributed by atoms with Crippen molar-refractivity contribution in [3.8, 4) is 28.1 Å². The van der Waals surface area contributed by atoms with E-state index in [1.807, 2.05) is 36.4 Å².